The Hall–Kier alpha value is -1.52. The number of alkyl halides is 3. The number of benzene rings is 1. The normalized spacial score (nSPS) is 21.3. The molecule has 0 unspecified atom stereocenters. The molecule has 1 aliphatic carbocycles. The topological polar surface area (TPSA) is 26.3 Å². The molecule has 5 heteroatoms. The number of fused-ring (bicyclic) bond motifs is 1. The summed E-state index contributed by atoms with van der Waals surface area (Å²) in [6, 6.07) is 3.11. The zero-order valence-electron chi connectivity index (χ0n) is 10.2. The van der Waals surface area contributed by atoms with Gasteiger partial charge in [0.15, 0.2) is 5.78 Å². The standard InChI is InChI=1S/C14H13F3O2/c15-14(16,17)9-3-4-10-11(18)8-13(5-1-2-6-13)19-12(10)7-9/h3-4,7H,1-2,5-6,8H2. The van der Waals surface area contributed by atoms with E-state index in [1.165, 1.54) is 6.07 Å². The fourth-order valence-corrected chi connectivity index (χ4v) is 2.97. The minimum atomic E-state index is -4.41. The predicted molar refractivity (Wildman–Crippen MR) is 62.2 cm³/mol. The minimum absolute atomic E-state index is 0.0907. The molecule has 1 heterocycles. The Balaban J connectivity index is 2.02. The van der Waals surface area contributed by atoms with Gasteiger partial charge in [-0.05, 0) is 43.9 Å². The highest BCUT2D eigenvalue weighted by atomic mass is 19.4. The number of rotatable bonds is 0. The quantitative estimate of drug-likeness (QED) is 0.712. The van der Waals surface area contributed by atoms with Crippen molar-refractivity contribution in [2.24, 2.45) is 0 Å². The highest BCUT2D eigenvalue weighted by Crippen LogP contribution is 2.44. The van der Waals surface area contributed by atoms with Gasteiger partial charge in [-0.3, -0.25) is 4.79 Å². The van der Waals surface area contributed by atoms with Crippen LogP contribution in [0.25, 0.3) is 0 Å². The van der Waals surface area contributed by atoms with Crippen molar-refractivity contribution in [1.82, 2.24) is 0 Å². The van der Waals surface area contributed by atoms with E-state index in [0.717, 1.165) is 37.8 Å². The predicted octanol–water partition coefficient (Wildman–Crippen LogP) is 3.98. The van der Waals surface area contributed by atoms with Gasteiger partial charge in [-0.1, -0.05) is 0 Å². The highest BCUT2D eigenvalue weighted by molar-refractivity contribution is 6.00. The maximum atomic E-state index is 12.7. The number of Topliss-reactive ketones (excluding diaryl/α,β-unsaturated/α-hetero) is 1. The van der Waals surface area contributed by atoms with Crippen molar-refractivity contribution >= 4 is 5.78 Å². The zero-order chi connectivity index (χ0) is 13.7. The van der Waals surface area contributed by atoms with Crippen LogP contribution in [0.3, 0.4) is 0 Å². The van der Waals surface area contributed by atoms with Crippen LogP contribution in [0, 0.1) is 0 Å². The van der Waals surface area contributed by atoms with Gasteiger partial charge in [0, 0.05) is 0 Å². The minimum Gasteiger partial charge on any atom is -0.486 e. The average molecular weight is 270 g/mol. The summed E-state index contributed by atoms with van der Waals surface area (Å²) in [7, 11) is 0. The molecule has 2 aliphatic rings. The largest absolute Gasteiger partial charge is 0.486 e. The van der Waals surface area contributed by atoms with Gasteiger partial charge in [0.2, 0.25) is 0 Å². The van der Waals surface area contributed by atoms with Gasteiger partial charge in [0.05, 0.1) is 17.5 Å². The first-order chi connectivity index (χ1) is 8.90. The number of hydrogen-bond acceptors (Lipinski definition) is 2. The first-order valence-corrected chi connectivity index (χ1v) is 6.33. The average Bonchev–Trinajstić information content (AvgIpc) is 2.75. The van der Waals surface area contributed by atoms with Crippen LogP contribution in [0.15, 0.2) is 18.2 Å². The summed E-state index contributed by atoms with van der Waals surface area (Å²) in [5, 5.41) is 0. The van der Waals surface area contributed by atoms with Crippen LogP contribution in [-0.4, -0.2) is 11.4 Å². The Morgan fingerprint density at radius 1 is 1.16 bits per heavy atom. The van der Waals surface area contributed by atoms with E-state index >= 15 is 0 Å². The fraction of sp³-hybridized carbons (Fsp3) is 0.500. The van der Waals surface area contributed by atoms with Crippen LogP contribution < -0.4 is 4.74 Å². The molecule has 1 spiro atoms. The second kappa shape index (κ2) is 3.99. The second-order valence-electron chi connectivity index (χ2n) is 5.30. The monoisotopic (exact) mass is 270 g/mol. The van der Waals surface area contributed by atoms with Gasteiger partial charge in [-0.2, -0.15) is 13.2 Å². The van der Waals surface area contributed by atoms with Gasteiger partial charge in [0.25, 0.3) is 0 Å². The van der Waals surface area contributed by atoms with E-state index < -0.39 is 17.3 Å². The van der Waals surface area contributed by atoms with Crippen LogP contribution in [-0.2, 0) is 6.18 Å². The molecular weight excluding hydrogens is 257 g/mol. The molecule has 0 aromatic heterocycles. The summed E-state index contributed by atoms with van der Waals surface area (Å²) in [4.78, 5) is 12.0. The van der Waals surface area contributed by atoms with Crippen LogP contribution in [0.4, 0.5) is 13.2 Å². The molecule has 1 saturated carbocycles. The molecule has 3 rings (SSSR count). The third-order valence-electron chi connectivity index (χ3n) is 3.93. The third kappa shape index (κ3) is 2.11. The number of ketones is 1. The molecule has 1 aromatic carbocycles. The number of carbonyl (C=O) groups excluding carboxylic acids is 1. The number of hydrogen-bond donors (Lipinski definition) is 0. The Morgan fingerprint density at radius 3 is 2.47 bits per heavy atom. The third-order valence-corrected chi connectivity index (χ3v) is 3.93. The lowest BCUT2D eigenvalue weighted by atomic mass is 9.88. The van der Waals surface area contributed by atoms with E-state index in [2.05, 4.69) is 0 Å². The molecule has 19 heavy (non-hydrogen) atoms. The van der Waals surface area contributed by atoms with E-state index in [0.29, 0.717) is 0 Å². The van der Waals surface area contributed by atoms with Gasteiger partial charge in [-0.15, -0.1) is 0 Å². The molecule has 1 aliphatic heterocycles. The zero-order valence-corrected chi connectivity index (χ0v) is 10.2. The smallest absolute Gasteiger partial charge is 0.416 e. The SMILES string of the molecule is O=C1CC2(CCCC2)Oc2cc(C(F)(F)F)ccc21. The van der Waals surface area contributed by atoms with Crippen molar-refractivity contribution in [3.05, 3.63) is 29.3 Å². The maximum absolute atomic E-state index is 12.7. The molecule has 1 fully saturated rings. The van der Waals surface area contributed by atoms with Crippen molar-refractivity contribution in [3.63, 3.8) is 0 Å². The Labute approximate surface area is 108 Å². The first-order valence-electron chi connectivity index (χ1n) is 6.33. The van der Waals surface area contributed by atoms with E-state index in [9.17, 15) is 18.0 Å². The van der Waals surface area contributed by atoms with E-state index in [4.69, 9.17) is 4.74 Å². The summed E-state index contributed by atoms with van der Waals surface area (Å²) in [5.41, 5.74) is -1.06. The maximum Gasteiger partial charge on any atom is 0.416 e. The summed E-state index contributed by atoms with van der Waals surface area (Å²) in [5.74, 6) is -0.0233. The molecule has 0 radical (unpaired) electrons. The number of carbonyl (C=O) groups is 1. The lowest BCUT2D eigenvalue weighted by Gasteiger charge is -2.35. The van der Waals surface area contributed by atoms with Crippen LogP contribution in [0.2, 0.25) is 0 Å². The summed E-state index contributed by atoms with van der Waals surface area (Å²) in [6.45, 7) is 0. The van der Waals surface area contributed by atoms with Crippen LogP contribution in [0.5, 0.6) is 5.75 Å². The van der Waals surface area contributed by atoms with Gasteiger partial charge >= 0.3 is 6.18 Å². The van der Waals surface area contributed by atoms with Gasteiger partial charge < -0.3 is 4.74 Å². The number of ether oxygens (including phenoxy) is 1. The Morgan fingerprint density at radius 2 is 1.84 bits per heavy atom. The van der Waals surface area contributed by atoms with Gasteiger partial charge in [0.1, 0.15) is 11.4 Å². The number of halogens is 3. The molecule has 2 nitrogen and oxygen atoms in total. The molecule has 0 saturated heterocycles. The molecule has 0 amide bonds. The summed E-state index contributed by atoms with van der Waals surface area (Å²) < 4.78 is 43.8. The molecule has 0 atom stereocenters. The Kier molecular flexibility index (Phi) is 2.62. The van der Waals surface area contributed by atoms with E-state index in [1.807, 2.05) is 0 Å². The lowest BCUT2D eigenvalue weighted by molar-refractivity contribution is -0.137. The first kappa shape index (κ1) is 12.5. The van der Waals surface area contributed by atoms with Crippen LogP contribution in [0.1, 0.15) is 48.0 Å². The van der Waals surface area contributed by atoms with Crippen molar-refractivity contribution in [1.29, 1.82) is 0 Å². The van der Waals surface area contributed by atoms with E-state index in [1.54, 1.807) is 0 Å². The molecular formula is C14H13F3O2. The summed E-state index contributed by atoms with van der Waals surface area (Å²) in [6.07, 6.45) is -0.723. The van der Waals surface area contributed by atoms with Crippen molar-refractivity contribution in [2.45, 2.75) is 43.9 Å². The molecule has 1 aromatic rings. The fourth-order valence-electron chi connectivity index (χ4n) is 2.97. The highest BCUT2D eigenvalue weighted by Gasteiger charge is 2.43. The summed E-state index contributed by atoms with van der Waals surface area (Å²) >= 11 is 0. The Bertz CT molecular complexity index is 528. The second-order valence-corrected chi connectivity index (χ2v) is 5.30. The van der Waals surface area contributed by atoms with E-state index in [-0.39, 0.29) is 23.5 Å². The molecule has 0 N–H and O–H groups in total. The van der Waals surface area contributed by atoms with Crippen molar-refractivity contribution in [2.75, 3.05) is 0 Å². The molecule has 0 bridgehead atoms. The van der Waals surface area contributed by atoms with Crippen molar-refractivity contribution in [3.8, 4) is 5.75 Å². The lowest BCUT2D eigenvalue weighted by Crippen LogP contribution is -2.39. The molecule has 102 valence electrons. The van der Waals surface area contributed by atoms with Crippen LogP contribution >= 0.6 is 0 Å². The van der Waals surface area contributed by atoms with Gasteiger partial charge in [-0.25, -0.2) is 0 Å². The van der Waals surface area contributed by atoms with Crippen molar-refractivity contribution < 1.29 is 22.7 Å².